The molecule has 26 heavy (non-hydrogen) atoms. The van der Waals surface area contributed by atoms with Crippen LogP contribution in [0.3, 0.4) is 0 Å². The van der Waals surface area contributed by atoms with Gasteiger partial charge in [0.25, 0.3) is 0 Å². The second kappa shape index (κ2) is 8.44. The molecular weight excluding hydrogens is 316 g/mol. The molecule has 0 aromatic heterocycles. The van der Waals surface area contributed by atoms with Gasteiger partial charge >= 0.3 is 0 Å². The van der Waals surface area contributed by atoms with Gasteiger partial charge in [-0.25, -0.2) is 0 Å². The molecule has 2 aromatic carbocycles. The van der Waals surface area contributed by atoms with Crippen LogP contribution in [0, 0.1) is 0 Å². The molecular formula is C24H28N2. The molecule has 4 rings (SSSR count). The smallest absolute Gasteiger partial charge is 0.0406 e. The van der Waals surface area contributed by atoms with Crippen molar-refractivity contribution in [3.8, 4) is 0 Å². The van der Waals surface area contributed by atoms with Crippen LogP contribution in [0.1, 0.15) is 74.3 Å². The number of hydrogen-bond donors (Lipinski definition) is 0. The Morgan fingerprint density at radius 3 is 1.19 bits per heavy atom. The first-order chi connectivity index (χ1) is 12.9. The molecule has 2 saturated carbocycles. The second-order valence-corrected chi connectivity index (χ2v) is 7.70. The van der Waals surface area contributed by atoms with Gasteiger partial charge in [-0.1, -0.05) is 60.7 Å². The average Bonchev–Trinajstić information content (AvgIpc) is 2.74. The highest BCUT2D eigenvalue weighted by Gasteiger charge is 2.20. The van der Waals surface area contributed by atoms with Crippen LogP contribution < -0.4 is 0 Å². The van der Waals surface area contributed by atoms with E-state index in [1.165, 1.54) is 48.2 Å². The Morgan fingerprint density at radius 1 is 0.500 bits per heavy atom. The van der Waals surface area contributed by atoms with Crippen molar-refractivity contribution in [3.63, 3.8) is 0 Å². The molecule has 2 nitrogen and oxygen atoms in total. The quantitative estimate of drug-likeness (QED) is 0.568. The minimum Gasteiger partial charge on any atom is -0.160 e. The molecule has 0 heterocycles. The molecule has 2 fully saturated rings. The van der Waals surface area contributed by atoms with E-state index in [0.717, 1.165) is 25.7 Å². The lowest BCUT2D eigenvalue weighted by Gasteiger charge is -2.24. The lowest BCUT2D eigenvalue weighted by Crippen LogP contribution is -2.14. The zero-order valence-electron chi connectivity index (χ0n) is 15.5. The summed E-state index contributed by atoms with van der Waals surface area (Å²) in [6.07, 6.45) is 9.25. The lowest BCUT2D eigenvalue weighted by molar-refractivity contribution is 0.560. The Labute approximate surface area is 157 Å². The summed E-state index contributed by atoms with van der Waals surface area (Å²) < 4.78 is 0. The van der Waals surface area contributed by atoms with Gasteiger partial charge in [-0.2, -0.15) is 10.2 Å². The summed E-state index contributed by atoms with van der Waals surface area (Å²) in [5, 5.41) is 9.27. The lowest BCUT2D eigenvalue weighted by atomic mass is 9.83. The van der Waals surface area contributed by atoms with Gasteiger partial charge in [-0.05, 0) is 74.3 Å². The van der Waals surface area contributed by atoms with E-state index < -0.39 is 0 Å². The Hall–Kier alpha value is -2.22. The van der Waals surface area contributed by atoms with E-state index in [1.807, 2.05) is 0 Å². The highest BCUT2D eigenvalue weighted by molar-refractivity contribution is 5.88. The Bertz CT molecular complexity index is 674. The van der Waals surface area contributed by atoms with Crippen LogP contribution in [0.4, 0.5) is 0 Å². The van der Waals surface area contributed by atoms with Gasteiger partial charge in [-0.15, -0.1) is 0 Å². The maximum absolute atomic E-state index is 4.64. The molecule has 0 radical (unpaired) electrons. The number of nitrogens with zero attached hydrogens (tertiary/aromatic N) is 2. The molecule has 0 unspecified atom stereocenters. The Morgan fingerprint density at radius 2 is 0.846 bits per heavy atom. The standard InChI is InChI=1S/C24H28N2/c1-3-7-19(8-4-1)21-11-15-23(16-12-21)25-26-24-17-13-22(14-18-24)20-9-5-2-6-10-20/h1-10,21-22H,11-18H2. The summed E-state index contributed by atoms with van der Waals surface area (Å²) >= 11 is 0. The fourth-order valence-corrected chi connectivity index (χ4v) is 4.36. The molecule has 2 aliphatic rings. The van der Waals surface area contributed by atoms with Crippen LogP contribution in [-0.2, 0) is 0 Å². The van der Waals surface area contributed by atoms with Crippen LogP contribution in [0.2, 0.25) is 0 Å². The van der Waals surface area contributed by atoms with E-state index in [-0.39, 0.29) is 0 Å². The summed E-state index contributed by atoms with van der Waals surface area (Å²) in [5.74, 6) is 1.40. The minimum absolute atomic E-state index is 0.698. The molecule has 0 aliphatic heterocycles. The maximum atomic E-state index is 4.64. The molecule has 2 aliphatic carbocycles. The number of hydrogen-bond acceptors (Lipinski definition) is 2. The monoisotopic (exact) mass is 344 g/mol. The van der Waals surface area contributed by atoms with Crippen molar-refractivity contribution < 1.29 is 0 Å². The fourth-order valence-electron chi connectivity index (χ4n) is 4.36. The molecule has 0 amide bonds. The average molecular weight is 345 g/mol. The first kappa shape index (κ1) is 17.2. The van der Waals surface area contributed by atoms with Crippen LogP contribution in [0.15, 0.2) is 70.9 Å². The van der Waals surface area contributed by atoms with Gasteiger partial charge in [-0.3, -0.25) is 0 Å². The first-order valence-electron chi connectivity index (χ1n) is 10.1. The predicted octanol–water partition coefficient (Wildman–Crippen LogP) is 6.50. The van der Waals surface area contributed by atoms with E-state index in [2.05, 4.69) is 70.9 Å². The Balaban J connectivity index is 1.29. The van der Waals surface area contributed by atoms with E-state index in [9.17, 15) is 0 Å². The van der Waals surface area contributed by atoms with Gasteiger partial charge in [0.1, 0.15) is 0 Å². The second-order valence-electron chi connectivity index (χ2n) is 7.70. The van der Waals surface area contributed by atoms with E-state index in [1.54, 1.807) is 0 Å². The van der Waals surface area contributed by atoms with E-state index >= 15 is 0 Å². The summed E-state index contributed by atoms with van der Waals surface area (Å²) in [7, 11) is 0. The van der Waals surface area contributed by atoms with Crippen molar-refractivity contribution in [2.75, 3.05) is 0 Å². The maximum Gasteiger partial charge on any atom is 0.0406 e. The third kappa shape index (κ3) is 4.30. The topological polar surface area (TPSA) is 24.7 Å². The van der Waals surface area contributed by atoms with Crippen LogP contribution in [-0.4, -0.2) is 11.4 Å². The molecule has 0 saturated heterocycles. The summed E-state index contributed by atoms with van der Waals surface area (Å²) in [6, 6.07) is 21.8. The summed E-state index contributed by atoms with van der Waals surface area (Å²) in [4.78, 5) is 0. The van der Waals surface area contributed by atoms with Gasteiger partial charge < -0.3 is 0 Å². The largest absolute Gasteiger partial charge is 0.160 e. The molecule has 2 heteroatoms. The van der Waals surface area contributed by atoms with E-state index in [0.29, 0.717) is 11.8 Å². The molecule has 134 valence electrons. The van der Waals surface area contributed by atoms with E-state index in [4.69, 9.17) is 0 Å². The predicted molar refractivity (Wildman–Crippen MR) is 110 cm³/mol. The zero-order chi connectivity index (χ0) is 17.6. The van der Waals surface area contributed by atoms with Crippen LogP contribution in [0.25, 0.3) is 0 Å². The highest BCUT2D eigenvalue weighted by Crippen LogP contribution is 2.33. The van der Waals surface area contributed by atoms with Gasteiger partial charge in [0.15, 0.2) is 0 Å². The molecule has 2 aromatic rings. The van der Waals surface area contributed by atoms with Crippen LogP contribution >= 0.6 is 0 Å². The summed E-state index contributed by atoms with van der Waals surface area (Å²) in [5.41, 5.74) is 5.57. The van der Waals surface area contributed by atoms with Crippen molar-refractivity contribution in [3.05, 3.63) is 71.8 Å². The molecule has 0 bridgehead atoms. The number of benzene rings is 2. The van der Waals surface area contributed by atoms with Gasteiger partial charge in [0.05, 0.1) is 0 Å². The normalized spacial score (nSPS) is 23.5. The number of rotatable bonds is 3. The van der Waals surface area contributed by atoms with Gasteiger partial charge in [0, 0.05) is 11.4 Å². The fraction of sp³-hybridized carbons (Fsp3) is 0.417. The SMILES string of the molecule is c1ccc(C2CCC(=NN=C3CCC(c4ccccc4)CC3)CC2)cc1. The van der Waals surface area contributed by atoms with Crippen molar-refractivity contribution in [2.24, 2.45) is 10.2 Å². The van der Waals surface area contributed by atoms with Crippen molar-refractivity contribution in [2.45, 2.75) is 63.2 Å². The highest BCUT2D eigenvalue weighted by atomic mass is 15.2. The van der Waals surface area contributed by atoms with Crippen molar-refractivity contribution in [1.29, 1.82) is 0 Å². The summed E-state index contributed by atoms with van der Waals surface area (Å²) in [6.45, 7) is 0. The molecule has 0 spiro atoms. The third-order valence-electron chi connectivity index (χ3n) is 6.00. The Kier molecular flexibility index (Phi) is 5.59. The van der Waals surface area contributed by atoms with Crippen LogP contribution in [0.5, 0.6) is 0 Å². The molecule has 0 N–H and O–H groups in total. The minimum atomic E-state index is 0.698. The third-order valence-corrected chi connectivity index (χ3v) is 6.00. The van der Waals surface area contributed by atoms with Gasteiger partial charge in [0.2, 0.25) is 0 Å². The first-order valence-corrected chi connectivity index (χ1v) is 10.1. The van der Waals surface area contributed by atoms with Crippen molar-refractivity contribution in [1.82, 2.24) is 0 Å². The molecule has 0 atom stereocenters. The zero-order valence-corrected chi connectivity index (χ0v) is 15.5. The van der Waals surface area contributed by atoms with Crippen molar-refractivity contribution >= 4 is 11.4 Å².